The van der Waals surface area contributed by atoms with Crippen LogP contribution in [0.3, 0.4) is 0 Å². The molecular formula is C18H19ClN2O2. The van der Waals surface area contributed by atoms with Crippen LogP contribution in [0.2, 0.25) is 5.02 Å². The third-order valence-corrected chi connectivity index (χ3v) is 3.30. The molecule has 0 heterocycles. The average Bonchev–Trinajstić information content (AvgIpc) is 2.56. The third-order valence-electron chi connectivity index (χ3n) is 3.05. The first-order valence-electron chi connectivity index (χ1n) is 7.47. The molecule has 120 valence electrons. The van der Waals surface area contributed by atoms with Gasteiger partial charge in [0.1, 0.15) is 5.75 Å². The molecule has 2 aromatic carbocycles. The van der Waals surface area contributed by atoms with Gasteiger partial charge in [-0.3, -0.25) is 4.79 Å². The number of carbonyl (C=O) groups excluding carboxylic acids is 1. The maximum atomic E-state index is 11.9. The minimum Gasteiger partial charge on any atom is -0.493 e. The molecule has 1 N–H and O–H groups in total. The highest BCUT2D eigenvalue weighted by Gasteiger charge is 2.03. The molecule has 5 heteroatoms. The van der Waals surface area contributed by atoms with E-state index in [1.54, 1.807) is 18.3 Å². The number of nitrogens with one attached hydrogen (secondary N) is 1. The Morgan fingerprint density at radius 3 is 2.70 bits per heavy atom. The molecule has 0 radical (unpaired) electrons. The topological polar surface area (TPSA) is 50.7 Å². The molecule has 0 aromatic heterocycles. The molecule has 0 aliphatic heterocycles. The molecule has 0 aliphatic carbocycles. The lowest BCUT2D eigenvalue weighted by atomic mass is 10.1. The Labute approximate surface area is 141 Å². The van der Waals surface area contributed by atoms with Crippen molar-refractivity contribution in [3.05, 3.63) is 64.7 Å². The third kappa shape index (κ3) is 5.75. The summed E-state index contributed by atoms with van der Waals surface area (Å²) in [5.74, 6) is 0.570. The van der Waals surface area contributed by atoms with Gasteiger partial charge in [-0.25, -0.2) is 5.43 Å². The van der Waals surface area contributed by atoms with E-state index in [1.165, 1.54) is 0 Å². The van der Waals surface area contributed by atoms with Gasteiger partial charge < -0.3 is 4.74 Å². The van der Waals surface area contributed by atoms with Crippen LogP contribution in [0.1, 0.15) is 24.5 Å². The summed E-state index contributed by atoms with van der Waals surface area (Å²) in [6, 6.07) is 14.7. The molecule has 2 aromatic rings. The van der Waals surface area contributed by atoms with Crippen LogP contribution in [0, 0.1) is 0 Å². The van der Waals surface area contributed by atoms with Crippen molar-refractivity contribution < 1.29 is 9.53 Å². The lowest BCUT2D eigenvalue weighted by molar-refractivity contribution is -0.120. The number of hydrazone groups is 1. The number of rotatable bonds is 7. The number of halogens is 1. The summed E-state index contributed by atoms with van der Waals surface area (Å²) in [6.45, 7) is 2.70. The normalized spacial score (nSPS) is 10.7. The lowest BCUT2D eigenvalue weighted by Gasteiger charge is -2.07. The highest BCUT2D eigenvalue weighted by molar-refractivity contribution is 6.30. The molecule has 1 amide bonds. The molecule has 0 bridgehead atoms. The number of benzene rings is 2. The molecule has 0 unspecified atom stereocenters. The minimum absolute atomic E-state index is 0.185. The minimum atomic E-state index is -0.185. The summed E-state index contributed by atoms with van der Waals surface area (Å²) >= 11 is 5.81. The highest BCUT2D eigenvalue weighted by atomic mass is 35.5. The SMILES string of the molecule is CCCOc1ccccc1/C=N\NC(=O)Cc1ccc(Cl)cc1. The first-order chi connectivity index (χ1) is 11.2. The zero-order valence-corrected chi connectivity index (χ0v) is 13.7. The van der Waals surface area contributed by atoms with Gasteiger partial charge in [0.2, 0.25) is 5.91 Å². The first-order valence-corrected chi connectivity index (χ1v) is 7.85. The van der Waals surface area contributed by atoms with Gasteiger partial charge in [0.15, 0.2) is 0 Å². The Kier molecular flexibility index (Phi) is 6.63. The summed E-state index contributed by atoms with van der Waals surface area (Å²) in [6.07, 6.45) is 2.77. The van der Waals surface area contributed by atoms with Crippen LogP contribution in [0.15, 0.2) is 53.6 Å². The van der Waals surface area contributed by atoms with Crippen LogP contribution in [0.5, 0.6) is 5.75 Å². The van der Waals surface area contributed by atoms with Crippen LogP contribution in [0.25, 0.3) is 0 Å². The molecule has 23 heavy (non-hydrogen) atoms. The number of nitrogens with zero attached hydrogens (tertiary/aromatic N) is 1. The van der Waals surface area contributed by atoms with E-state index in [0.29, 0.717) is 11.6 Å². The van der Waals surface area contributed by atoms with Gasteiger partial charge in [0, 0.05) is 10.6 Å². The second-order valence-corrected chi connectivity index (χ2v) is 5.42. The van der Waals surface area contributed by atoms with Crippen molar-refractivity contribution in [2.75, 3.05) is 6.61 Å². The van der Waals surface area contributed by atoms with Gasteiger partial charge in [-0.15, -0.1) is 0 Å². The van der Waals surface area contributed by atoms with E-state index in [0.717, 1.165) is 23.3 Å². The number of carbonyl (C=O) groups is 1. The smallest absolute Gasteiger partial charge is 0.244 e. The predicted octanol–water partition coefficient (Wildman–Crippen LogP) is 3.82. The summed E-state index contributed by atoms with van der Waals surface area (Å²) in [5, 5.41) is 4.64. The van der Waals surface area contributed by atoms with Gasteiger partial charge in [0.05, 0.1) is 19.2 Å². The second-order valence-electron chi connectivity index (χ2n) is 4.98. The van der Waals surface area contributed by atoms with Crippen molar-refractivity contribution in [3.63, 3.8) is 0 Å². The van der Waals surface area contributed by atoms with Crippen LogP contribution in [-0.2, 0) is 11.2 Å². The summed E-state index contributed by atoms with van der Waals surface area (Å²) in [5.41, 5.74) is 4.23. The van der Waals surface area contributed by atoms with Crippen molar-refractivity contribution in [3.8, 4) is 5.75 Å². The summed E-state index contributed by atoms with van der Waals surface area (Å²) in [7, 11) is 0. The number of hydrogen-bond donors (Lipinski definition) is 1. The summed E-state index contributed by atoms with van der Waals surface area (Å²) < 4.78 is 5.63. The van der Waals surface area contributed by atoms with Crippen LogP contribution in [-0.4, -0.2) is 18.7 Å². The van der Waals surface area contributed by atoms with Crippen LogP contribution in [0.4, 0.5) is 0 Å². The van der Waals surface area contributed by atoms with Gasteiger partial charge in [0.25, 0.3) is 0 Å². The van der Waals surface area contributed by atoms with Gasteiger partial charge in [-0.05, 0) is 36.2 Å². The molecule has 0 saturated carbocycles. The van der Waals surface area contributed by atoms with E-state index in [1.807, 2.05) is 43.3 Å². The molecule has 0 saturated heterocycles. The lowest BCUT2D eigenvalue weighted by Crippen LogP contribution is -2.19. The van der Waals surface area contributed by atoms with Crippen molar-refractivity contribution in [1.82, 2.24) is 5.43 Å². The Morgan fingerprint density at radius 2 is 1.96 bits per heavy atom. The molecule has 0 aliphatic rings. The zero-order chi connectivity index (χ0) is 16.5. The zero-order valence-electron chi connectivity index (χ0n) is 13.0. The monoisotopic (exact) mass is 330 g/mol. The average molecular weight is 331 g/mol. The largest absolute Gasteiger partial charge is 0.493 e. The van der Waals surface area contributed by atoms with E-state index in [2.05, 4.69) is 10.5 Å². The molecular weight excluding hydrogens is 312 g/mol. The molecule has 0 atom stereocenters. The van der Waals surface area contributed by atoms with E-state index in [4.69, 9.17) is 16.3 Å². The second kappa shape index (κ2) is 8.96. The van der Waals surface area contributed by atoms with Crippen molar-refractivity contribution in [2.45, 2.75) is 19.8 Å². The van der Waals surface area contributed by atoms with E-state index >= 15 is 0 Å². The maximum absolute atomic E-state index is 11.9. The van der Waals surface area contributed by atoms with Crippen molar-refractivity contribution in [2.24, 2.45) is 5.10 Å². The van der Waals surface area contributed by atoms with Crippen LogP contribution >= 0.6 is 11.6 Å². The number of para-hydroxylation sites is 1. The Bertz CT molecular complexity index is 669. The van der Waals surface area contributed by atoms with Gasteiger partial charge in [-0.1, -0.05) is 42.8 Å². The highest BCUT2D eigenvalue weighted by Crippen LogP contribution is 2.16. The summed E-state index contributed by atoms with van der Waals surface area (Å²) in [4.78, 5) is 11.9. The quantitative estimate of drug-likeness (QED) is 0.619. The molecule has 0 fully saturated rings. The number of hydrogen-bond acceptors (Lipinski definition) is 3. The Morgan fingerprint density at radius 1 is 1.22 bits per heavy atom. The Balaban J connectivity index is 1.91. The van der Waals surface area contributed by atoms with E-state index in [9.17, 15) is 4.79 Å². The fourth-order valence-corrected chi connectivity index (χ4v) is 2.06. The van der Waals surface area contributed by atoms with Crippen molar-refractivity contribution in [1.29, 1.82) is 0 Å². The van der Waals surface area contributed by atoms with Gasteiger partial charge in [-0.2, -0.15) is 5.10 Å². The fraction of sp³-hybridized carbons (Fsp3) is 0.222. The van der Waals surface area contributed by atoms with Gasteiger partial charge >= 0.3 is 0 Å². The van der Waals surface area contributed by atoms with Crippen LogP contribution < -0.4 is 10.2 Å². The number of amides is 1. The first kappa shape index (κ1) is 17.0. The fourth-order valence-electron chi connectivity index (χ4n) is 1.93. The van der Waals surface area contributed by atoms with Crippen molar-refractivity contribution >= 4 is 23.7 Å². The van der Waals surface area contributed by atoms with E-state index < -0.39 is 0 Å². The molecule has 4 nitrogen and oxygen atoms in total. The predicted molar refractivity (Wildman–Crippen MR) is 93.1 cm³/mol. The Hall–Kier alpha value is -2.33. The van der Waals surface area contributed by atoms with E-state index in [-0.39, 0.29) is 12.3 Å². The maximum Gasteiger partial charge on any atom is 0.244 e. The molecule has 0 spiro atoms. The molecule has 2 rings (SSSR count). The number of ether oxygens (including phenoxy) is 1. The standard InChI is InChI=1S/C18H19ClN2O2/c1-2-11-23-17-6-4-3-5-15(17)13-20-21-18(22)12-14-7-9-16(19)10-8-14/h3-10,13H,2,11-12H2,1H3,(H,21,22)/b20-13-.